The minimum Gasteiger partial charge on any atom is -0.323 e. The normalized spacial score (nSPS) is 10.9. The highest BCUT2D eigenvalue weighted by Crippen LogP contribution is 2.33. The third-order valence-electron chi connectivity index (χ3n) is 4.58. The molecule has 0 aliphatic carbocycles. The molecule has 3 aromatic carbocycles. The zero-order valence-electron chi connectivity index (χ0n) is 17.2. The Morgan fingerprint density at radius 1 is 1.00 bits per heavy atom. The molecule has 0 radical (unpaired) electrons. The van der Waals surface area contributed by atoms with Crippen LogP contribution in [0.25, 0.3) is 17.1 Å². The maximum atomic E-state index is 12.7. The molecule has 33 heavy (non-hydrogen) atoms. The molecule has 0 saturated heterocycles. The highest BCUT2D eigenvalue weighted by molar-refractivity contribution is 9.11. The predicted octanol–water partition coefficient (Wildman–Crippen LogP) is 7.81. The summed E-state index contributed by atoms with van der Waals surface area (Å²) in [4.78, 5) is 12.7. The summed E-state index contributed by atoms with van der Waals surface area (Å²) in [5.74, 6) is 0.598. The van der Waals surface area contributed by atoms with Crippen LogP contribution >= 0.6 is 66.8 Å². The molecule has 0 atom stereocenters. The lowest BCUT2D eigenvalue weighted by molar-refractivity contribution is -0.113. The monoisotopic (exact) mass is 624 g/mol. The first-order chi connectivity index (χ1) is 15.8. The molecule has 0 saturated carbocycles. The van der Waals surface area contributed by atoms with E-state index < -0.39 is 0 Å². The second-order valence-electron chi connectivity index (χ2n) is 7.07. The van der Waals surface area contributed by atoms with E-state index in [1.54, 1.807) is 18.2 Å². The maximum absolute atomic E-state index is 12.7. The molecule has 0 bridgehead atoms. The van der Waals surface area contributed by atoms with Gasteiger partial charge < -0.3 is 5.32 Å². The molecule has 1 amide bonds. The van der Waals surface area contributed by atoms with Gasteiger partial charge in [-0.25, -0.2) is 0 Å². The molecular weight excluding hydrogens is 611 g/mol. The minimum absolute atomic E-state index is 0.147. The fourth-order valence-corrected chi connectivity index (χ4v) is 5.81. The second-order valence-corrected chi connectivity index (χ2v) is 10.6. The third-order valence-corrected chi connectivity index (χ3v) is 7.25. The smallest absolute Gasteiger partial charge is 0.234 e. The number of carbonyl (C=O) groups is 1. The highest BCUT2D eigenvalue weighted by atomic mass is 79.9. The number of nitrogens with zero attached hydrogens (tertiary/aromatic N) is 3. The molecule has 10 heteroatoms. The van der Waals surface area contributed by atoms with Crippen molar-refractivity contribution in [3.05, 3.63) is 85.2 Å². The van der Waals surface area contributed by atoms with Crippen LogP contribution in [0.4, 0.5) is 5.69 Å². The lowest BCUT2D eigenvalue weighted by atomic mass is 10.2. The number of amides is 1. The Hall–Kier alpha value is -1.84. The number of anilines is 1. The molecule has 1 aromatic heterocycles. The van der Waals surface area contributed by atoms with Crippen molar-refractivity contribution in [1.29, 1.82) is 0 Å². The zero-order valence-corrected chi connectivity index (χ0v) is 22.7. The highest BCUT2D eigenvalue weighted by Gasteiger charge is 2.18. The van der Waals surface area contributed by atoms with Gasteiger partial charge in [0, 0.05) is 30.2 Å². The van der Waals surface area contributed by atoms with E-state index in [0.717, 1.165) is 25.8 Å². The largest absolute Gasteiger partial charge is 0.323 e. The van der Waals surface area contributed by atoms with Crippen molar-refractivity contribution >= 4 is 78.4 Å². The number of carbonyl (C=O) groups excluding carboxylic acids is 1. The van der Waals surface area contributed by atoms with Gasteiger partial charge in [0.2, 0.25) is 5.91 Å². The van der Waals surface area contributed by atoms with Gasteiger partial charge in [-0.1, -0.05) is 47.1 Å². The van der Waals surface area contributed by atoms with Crippen LogP contribution in [0.2, 0.25) is 10.0 Å². The number of rotatable bonds is 6. The number of aromatic nitrogens is 3. The van der Waals surface area contributed by atoms with Gasteiger partial charge in [-0.3, -0.25) is 9.36 Å². The van der Waals surface area contributed by atoms with Crippen LogP contribution in [0, 0.1) is 6.92 Å². The van der Waals surface area contributed by atoms with Gasteiger partial charge in [0.15, 0.2) is 11.0 Å². The van der Waals surface area contributed by atoms with Gasteiger partial charge in [0.1, 0.15) is 0 Å². The van der Waals surface area contributed by atoms with Crippen LogP contribution in [0.15, 0.2) is 74.8 Å². The van der Waals surface area contributed by atoms with Gasteiger partial charge in [-0.05, 0) is 92.9 Å². The summed E-state index contributed by atoms with van der Waals surface area (Å²) in [5.41, 5.74) is 3.40. The van der Waals surface area contributed by atoms with E-state index in [0.29, 0.717) is 26.7 Å². The summed E-state index contributed by atoms with van der Waals surface area (Å²) in [6.45, 7) is 1.98. The predicted molar refractivity (Wildman–Crippen MR) is 143 cm³/mol. The standard InChI is InChI=1S/C23H16Br2Cl2N4OS/c1-13-9-18(24)21(19(25)10-13)28-20(32)12-33-23-30-29-22(14-3-2-4-16(27)11-14)31(23)17-7-5-15(26)6-8-17/h2-11H,12H2,1H3,(H,28,32). The Labute approximate surface area is 222 Å². The Morgan fingerprint density at radius 3 is 2.36 bits per heavy atom. The van der Waals surface area contributed by atoms with Crippen molar-refractivity contribution in [3.8, 4) is 17.1 Å². The molecule has 5 nitrogen and oxygen atoms in total. The number of hydrogen-bond acceptors (Lipinski definition) is 4. The average molecular weight is 627 g/mol. The van der Waals surface area contributed by atoms with E-state index in [9.17, 15) is 4.79 Å². The molecule has 4 aromatic rings. The average Bonchev–Trinajstić information content (AvgIpc) is 3.19. The minimum atomic E-state index is -0.166. The van der Waals surface area contributed by atoms with Crippen LogP contribution in [0.1, 0.15) is 5.56 Å². The lowest BCUT2D eigenvalue weighted by Crippen LogP contribution is -2.15. The second kappa shape index (κ2) is 10.6. The Balaban J connectivity index is 1.61. The molecule has 0 aliphatic rings. The van der Waals surface area contributed by atoms with Gasteiger partial charge in [0.05, 0.1) is 11.4 Å². The first kappa shape index (κ1) is 24.3. The molecule has 1 heterocycles. The summed E-state index contributed by atoms with van der Waals surface area (Å²) in [5, 5.41) is 13.5. The van der Waals surface area contributed by atoms with Crippen molar-refractivity contribution in [3.63, 3.8) is 0 Å². The summed E-state index contributed by atoms with van der Waals surface area (Å²) in [6, 6.07) is 18.6. The number of nitrogens with one attached hydrogen (secondary N) is 1. The van der Waals surface area contributed by atoms with E-state index in [-0.39, 0.29) is 11.7 Å². The van der Waals surface area contributed by atoms with Crippen molar-refractivity contribution < 1.29 is 4.79 Å². The Morgan fingerprint density at radius 2 is 1.70 bits per heavy atom. The lowest BCUT2D eigenvalue weighted by Gasteiger charge is -2.12. The zero-order chi connectivity index (χ0) is 23.5. The van der Waals surface area contributed by atoms with Crippen molar-refractivity contribution in [2.45, 2.75) is 12.1 Å². The van der Waals surface area contributed by atoms with Gasteiger partial charge >= 0.3 is 0 Å². The number of aryl methyl sites for hydroxylation is 1. The SMILES string of the molecule is Cc1cc(Br)c(NC(=O)CSc2nnc(-c3cccc(Cl)c3)n2-c2ccc(Cl)cc2)c(Br)c1. The van der Waals surface area contributed by atoms with E-state index in [4.69, 9.17) is 23.2 Å². The summed E-state index contributed by atoms with van der Waals surface area (Å²) in [6.07, 6.45) is 0. The summed E-state index contributed by atoms with van der Waals surface area (Å²) < 4.78 is 3.50. The topological polar surface area (TPSA) is 59.8 Å². The van der Waals surface area contributed by atoms with E-state index in [1.807, 2.05) is 54.0 Å². The number of benzene rings is 3. The fourth-order valence-electron chi connectivity index (χ4n) is 3.13. The number of halogens is 4. The van der Waals surface area contributed by atoms with Crippen LogP contribution in [0.3, 0.4) is 0 Å². The Kier molecular flexibility index (Phi) is 7.81. The van der Waals surface area contributed by atoms with E-state index >= 15 is 0 Å². The maximum Gasteiger partial charge on any atom is 0.234 e. The third kappa shape index (κ3) is 5.81. The van der Waals surface area contributed by atoms with Crippen molar-refractivity contribution in [1.82, 2.24) is 14.8 Å². The quantitative estimate of drug-likeness (QED) is 0.222. The summed E-state index contributed by atoms with van der Waals surface area (Å²) >= 11 is 20.6. The molecule has 0 fully saturated rings. The molecule has 168 valence electrons. The van der Waals surface area contributed by atoms with E-state index in [1.165, 1.54) is 11.8 Å². The van der Waals surface area contributed by atoms with Gasteiger partial charge in [-0.15, -0.1) is 10.2 Å². The first-order valence-corrected chi connectivity index (χ1v) is 13.0. The fraction of sp³-hybridized carbons (Fsp3) is 0.0870. The number of thioether (sulfide) groups is 1. The molecule has 1 N–H and O–H groups in total. The molecule has 4 rings (SSSR count). The van der Waals surface area contributed by atoms with Crippen LogP contribution in [0.5, 0.6) is 0 Å². The molecule has 0 unspecified atom stereocenters. The molecule has 0 spiro atoms. The van der Waals surface area contributed by atoms with Crippen LogP contribution < -0.4 is 5.32 Å². The number of hydrogen-bond donors (Lipinski definition) is 1. The van der Waals surface area contributed by atoms with Crippen LogP contribution in [-0.2, 0) is 4.79 Å². The van der Waals surface area contributed by atoms with E-state index in [2.05, 4.69) is 47.4 Å². The van der Waals surface area contributed by atoms with Crippen LogP contribution in [-0.4, -0.2) is 26.4 Å². The van der Waals surface area contributed by atoms with Crippen molar-refractivity contribution in [2.75, 3.05) is 11.1 Å². The molecule has 0 aliphatic heterocycles. The van der Waals surface area contributed by atoms with Gasteiger partial charge in [-0.2, -0.15) is 0 Å². The Bertz CT molecular complexity index is 1310. The van der Waals surface area contributed by atoms with Crippen molar-refractivity contribution in [2.24, 2.45) is 0 Å². The first-order valence-electron chi connectivity index (χ1n) is 9.67. The molecular formula is C23H16Br2Cl2N4OS. The van der Waals surface area contributed by atoms with Gasteiger partial charge in [0.25, 0.3) is 0 Å². The summed E-state index contributed by atoms with van der Waals surface area (Å²) in [7, 11) is 0.